The normalized spacial score (nSPS) is 20.7. The van der Waals surface area contributed by atoms with E-state index in [-0.39, 0.29) is 11.5 Å². The van der Waals surface area contributed by atoms with E-state index < -0.39 is 0 Å². The van der Waals surface area contributed by atoms with Crippen LogP contribution >= 0.6 is 0 Å². The highest BCUT2D eigenvalue weighted by Gasteiger charge is 2.26. The molecule has 1 aromatic carbocycles. The topological polar surface area (TPSA) is 40.5 Å². The third-order valence-electron chi connectivity index (χ3n) is 6.55. The smallest absolute Gasteiger partial charge is 0.119 e. The predicted molar refractivity (Wildman–Crippen MR) is 116 cm³/mol. The summed E-state index contributed by atoms with van der Waals surface area (Å²) in [5.41, 5.74) is 2.37. The Morgan fingerprint density at radius 2 is 1.63 bits per heavy atom. The van der Waals surface area contributed by atoms with Crippen LogP contribution in [0.1, 0.15) is 121 Å². The van der Waals surface area contributed by atoms with E-state index in [0.29, 0.717) is 11.7 Å². The molecule has 0 amide bonds. The van der Waals surface area contributed by atoms with Crippen molar-refractivity contribution in [2.24, 2.45) is 0 Å². The van der Waals surface area contributed by atoms with E-state index in [2.05, 4.69) is 32.9 Å². The van der Waals surface area contributed by atoms with Gasteiger partial charge in [0.2, 0.25) is 0 Å². The first-order valence-electron chi connectivity index (χ1n) is 11.5. The van der Waals surface area contributed by atoms with Gasteiger partial charge in [-0.05, 0) is 54.2 Å². The molecule has 0 bridgehead atoms. The Kier molecular flexibility index (Phi) is 9.15. The zero-order valence-corrected chi connectivity index (χ0v) is 18.0. The van der Waals surface area contributed by atoms with E-state index in [1.165, 1.54) is 63.4 Å². The summed E-state index contributed by atoms with van der Waals surface area (Å²) in [6.07, 6.45) is 15.6. The number of phenolic OH excluding ortho intramolecular Hbond substituents is 1. The van der Waals surface area contributed by atoms with Crippen LogP contribution in [0.4, 0.5) is 0 Å². The summed E-state index contributed by atoms with van der Waals surface area (Å²) in [6, 6.07) is 6.31. The van der Waals surface area contributed by atoms with Crippen molar-refractivity contribution in [2.75, 3.05) is 0 Å². The van der Waals surface area contributed by atoms with Crippen molar-refractivity contribution in [1.29, 1.82) is 0 Å². The molecule has 0 aliphatic heterocycles. The van der Waals surface area contributed by atoms with Crippen LogP contribution in [0.2, 0.25) is 0 Å². The van der Waals surface area contributed by atoms with Gasteiger partial charge in [-0.2, -0.15) is 0 Å². The Labute approximate surface area is 167 Å². The molecule has 0 aromatic heterocycles. The summed E-state index contributed by atoms with van der Waals surface area (Å²) in [7, 11) is 0. The van der Waals surface area contributed by atoms with Gasteiger partial charge in [-0.1, -0.05) is 90.7 Å². The molecule has 0 spiro atoms. The van der Waals surface area contributed by atoms with E-state index in [1.54, 1.807) is 0 Å². The van der Waals surface area contributed by atoms with Crippen molar-refractivity contribution in [3.05, 3.63) is 29.3 Å². The Morgan fingerprint density at radius 1 is 0.963 bits per heavy atom. The highest BCUT2D eigenvalue weighted by molar-refractivity contribution is 5.41. The maximum Gasteiger partial charge on any atom is 0.119 e. The lowest BCUT2D eigenvalue weighted by Gasteiger charge is -2.29. The van der Waals surface area contributed by atoms with Crippen LogP contribution < -0.4 is 0 Å². The third kappa shape index (κ3) is 7.14. The van der Waals surface area contributed by atoms with Gasteiger partial charge in [-0.3, -0.25) is 0 Å². The third-order valence-corrected chi connectivity index (χ3v) is 6.55. The lowest BCUT2D eigenvalue weighted by atomic mass is 9.77. The van der Waals surface area contributed by atoms with Gasteiger partial charge in [-0.15, -0.1) is 0 Å². The van der Waals surface area contributed by atoms with Gasteiger partial charge in [0.15, 0.2) is 0 Å². The Hall–Kier alpha value is -1.02. The van der Waals surface area contributed by atoms with E-state index in [4.69, 9.17) is 0 Å². The zero-order chi connectivity index (χ0) is 19.7. The van der Waals surface area contributed by atoms with Crippen molar-refractivity contribution in [3.63, 3.8) is 0 Å². The summed E-state index contributed by atoms with van der Waals surface area (Å²) >= 11 is 0. The molecule has 2 N–H and O–H groups in total. The van der Waals surface area contributed by atoms with Gasteiger partial charge in [0.25, 0.3) is 0 Å². The minimum atomic E-state index is -0.207. The minimum Gasteiger partial charge on any atom is -0.508 e. The SMILES string of the molecule is CCCCCCCCCCC(C)(C)c1ccc([C@H]2CCC[C@H](O)C2)c(O)c1. The molecule has 1 aromatic rings. The zero-order valence-electron chi connectivity index (χ0n) is 18.0. The molecule has 154 valence electrons. The highest BCUT2D eigenvalue weighted by Crippen LogP contribution is 2.40. The summed E-state index contributed by atoms with van der Waals surface area (Å²) in [5, 5.41) is 20.6. The van der Waals surface area contributed by atoms with Crippen LogP contribution in [0.5, 0.6) is 5.75 Å². The number of benzene rings is 1. The molecular formula is C25H42O2. The van der Waals surface area contributed by atoms with Crippen LogP contribution in [-0.4, -0.2) is 16.3 Å². The molecule has 2 heteroatoms. The van der Waals surface area contributed by atoms with Gasteiger partial charge in [0.05, 0.1) is 6.10 Å². The number of aromatic hydroxyl groups is 1. The molecule has 0 heterocycles. The summed E-state index contributed by atoms with van der Waals surface area (Å²) in [6.45, 7) is 6.87. The fourth-order valence-corrected chi connectivity index (χ4v) is 4.60. The minimum absolute atomic E-state index is 0.101. The quantitative estimate of drug-likeness (QED) is 0.401. The molecule has 27 heavy (non-hydrogen) atoms. The van der Waals surface area contributed by atoms with Gasteiger partial charge < -0.3 is 10.2 Å². The number of aliphatic hydroxyl groups excluding tert-OH is 1. The van der Waals surface area contributed by atoms with E-state index in [0.717, 1.165) is 31.2 Å². The van der Waals surface area contributed by atoms with Crippen molar-refractivity contribution in [3.8, 4) is 5.75 Å². The first kappa shape index (κ1) is 22.3. The summed E-state index contributed by atoms with van der Waals surface area (Å²) < 4.78 is 0. The Balaban J connectivity index is 1.82. The van der Waals surface area contributed by atoms with Crippen LogP contribution in [0.3, 0.4) is 0 Å². The number of phenols is 1. The van der Waals surface area contributed by atoms with Crippen LogP contribution in [0.15, 0.2) is 18.2 Å². The van der Waals surface area contributed by atoms with Gasteiger partial charge in [0, 0.05) is 0 Å². The van der Waals surface area contributed by atoms with Crippen LogP contribution in [0.25, 0.3) is 0 Å². The van der Waals surface area contributed by atoms with Gasteiger partial charge in [0.1, 0.15) is 5.75 Å². The Bertz CT molecular complexity index is 549. The lowest BCUT2D eigenvalue weighted by Crippen LogP contribution is -2.19. The molecule has 0 unspecified atom stereocenters. The van der Waals surface area contributed by atoms with E-state index in [9.17, 15) is 10.2 Å². The first-order chi connectivity index (χ1) is 12.9. The maximum atomic E-state index is 10.6. The highest BCUT2D eigenvalue weighted by atomic mass is 16.3. The number of unbranched alkanes of at least 4 members (excludes halogenated alkanes) is 7. The second-order valence-electron chi connectivity index (χ2n) is 9.40. The Morgan fingerprint density at radius 3 is 2.26 bits per heavy atom. The molecule has 2 atom stereocenters. The number of aliphatic hydroxyl groups is 1. The number of hydrogen-bond donors (Lipinski definition) is 2. The average molecular weight is 375 g/mol. The van der Waals surface area contributed by atoms with Crippen molar-refractivity contribution < 1.29 is 10.2 Å². The summed E-state index contributed by atoms with van der Waals surface area (Å²) in [5.74, 6) is 0.731. The molecule has 1 fully saturated rings. The number of rotatable bonds is 11. The van der Waals surface area contributed by atoms with Crippen molar-refractivity contribution in [1.82, 2.24) is 0 Å². The fourth-order valence-electron chi connectivity index (χ4n) is 4.60. The largest absolute Gasteiger partial charge is 0.508 e. The standard InChI is InChI=1S/C25H42O2/c1-4-5-6-7-8-9-10-11-17-25(2,3)21-15-16-23(24(27)19-21)20-13-12-14-22(26)18-20/h15-16,19-20,22,26-27H,4-14,17-18H2,1-3H3/t20-,22-/m0/s1. The lowest BCUT2D eigenvalue weighted by molar-refractivity contribution is 0.119. The van der Waals surface area contributed by atoms with Gasteiger partial charge in [-0.25, -0.2) is 0 Å². The van der Waals surface area contributed by atoms with E-state index in [1.807, 2.05) is 6.07 Å². The molecule has 1 aliphatic carbocycles. The monoisotopic (exact) mass is 374 g/mol. The van der Waals surface area contributed by atoms with E-state index >= 15 is 0 Å². The second kappa shape index (κ2) is 11.1. The molecule has 2 nitrogen and oxygen atoms in total. The summed E-state index contributed by atoms with van der Waals surface area (Å²) in [4.78, 5) is 0. The number of hydrogen-bond acceptors (Lipinski definition) is 2. The molecule has 2 rings (SSSR count). The van der Waals surface area contributed by atoms with Gasteiger partial charge >= 0.3 is 0 Å². The fraction of sp³-hybridized carbons (Fsp3) is 0.760. The molecular weight excluding hydrogens is 332 g/mol. The molecule has 1 saturated carbocycles. The molecule has 0 saturated heterocycles. The maximum absolute atomic E-state index is 10.6. The average Bonchev–Trinajstić information content (AvgIpc) is 2.63. The second-order valence-corrected chi connectivity index (χ2v) is 9.40. The molecule has 0 radical (unpaired) electrons. The van der Waals surface area contributed by atoms with Crippen LogP contribution in [-0.2, 0) is 5.41 Å². The van der Waals surface area contributed by atoms with Crippen LogP contribution in [0, 0.1) is 0 Å². The molecule has 1 aliphatic rings. The van der Waals surface area contributed by atoms with Crippen molar-refractivity contribution >= 4 is 0 Å². The predicted octanol–water partition coefficient (Wildman–Crippen LogP) is 7.22. The first-order valence-corrected chi connectivity index (χ1v) is 11.5. The van der Waals surface area contributed by atoms with Crippen molar-refractivity contribution in [2.45, 2.75) is 122 Å².